The molecule has 1 atom stereocenters. The Hall–Kier alpha value is -2.56. The number of anilines is 1. The number of benzene rings is 1. The molecule has 0 bridgehead atoms. The molecule has 1 heterocycles. The molecular weight excluding hydrogens is 290 g/mol. The minimum absolute atomic E-state index is 0.134. The van der Waals surface area contributed by atoms with Crippen LogP contribution in [0.5, 0.6) is 5.75 Å². The van der Waals surface area contributed by atoms with Crippen molar-refractivity contribution in [2.24, 2.45) is 0 Å². The van der Waals surface area contributed by atoms with Gasteiger partial charge in [0, 0.05) is 30.0 Å². The Kier molecular flexibility index (Phi) is 5.97. The summed E-state index contributed by atoms with van der Waals surface area (Å²) < 4.78 is 5.34. The molecule has 1 amide bonds. The third kappa shape index (κ3) is 4.71. The summed E-state index contributed by atoms with van der Waals surface area (Å²) >= 11 is 0. The van der Waals surface area contributed by atoms with Gasteiger partial charge < -0.3 is 15.4 Å². The molecule has 2 aromatic rings. The van der Waals surface area contributed by atoms with Crippen molar-refractivity contribution in [1.29, 1.82) is 0 Å². The van der Waals surface area contributed by atoms with Gasteiger partial charge in [0.1, 0.15) is 11.4 Å². The Bertz CT molecular complexity index is 658. The number of ether oxygens (including phenoxy) is 1. The molecule has 2 rings (SSSR count). The maximum atomic E-state index is 12.1. The molecule has 23 heavy (non-hydrogen) atoms. The molecule has 5 nitrogen and oxygen atoms in total. The molecule has 0 spiro atoms. The number of rotatable bonds is 7. The number of nitrogens with one attached hydrogen (secondary N) is 2. The second kappa shape index (κ2) is 8.17. The fourth-order valence-electron chi connectivity index (χ4n) is 2.11. The van der Waals surface area contributed by atoms with E-state index >= 15 is 0 Å². The van der Waals surface area contributed by atoms with Crippen molar-refractivity contribution < 1.29 is 9.53 Å². The average Bonchev–Trinajstić information content (AvgIpc) is 2.60. The Morgan fingerprint density at radius 2 is 2.09 bits per heavy atom. The first-order chi connectivity index (χ1) is 11.1. The largest absolute Gasteiger partial charge is 0.496 e. The number of carbonyl (C=O) groups excluding carboxylic acids is 1. The van der Waals surface area contributed by atoms with Crippen molar-refractivity contribution in [2.45, 2.75) is 32.9 Å². The maximum absolute atomic E-state index is 12.1. The van der Waals surface area contributed by atoms with Crippen LogP contribution in [0, 0.1) is 0 Å². The van der Waals surface area contributed by atoms with Gasteiger partial charge in [0.15, 0.2) is 0 Å². The molecule has 0 saturated carbocycles. The van der Waals surface area contributed by atoms with Crippen molar-refractivity contribution in [3.05, 3.63) is 53.9 Å². The minimum atomic E-state index is -0.153. The third-order valence-electron chi connectivity index (χ3n) is 3.66. The summed E-state index contributed by atoms with van der Waals surface area (Å²) in [5.41, 5.74) is 2.31. The molecule has 0 aliphatic carbocycles. The van der Waals surface area contributed by atoms with Crippen LogP contribution in [0.3, 0.4) is 0 Å². The van der Waals surface area contributed by atoms with Gasteiger partial charge in [0.2, 0.25) is 0 Å². The topological polar surface area (TPSA) is 63.2 Å². The molecule has 1 aromatic heterocycles. The van der Waals surface area contributed by atoms with E-state index in [1.165, 1.54) is 0 Å². The van der Waals surface area contributed by atoms with E-state index in [4.69, 9.17) is 4.74 Å². The number of nitrogens with zero attached hydrogens (tertiary/aromatic N) is 1. The highest BCUT2D eigenvalue weighted by Crippen LogP contribution is 2.19. The van der Waals surface area contributed by atoms with E-state index in [1.807, 2.05) is 44.2 Å². The molecular formula is C18H23N3O2. The van der Waals surface area contributed by atoms with Crippen LogP contribution in [-0.4, -0.2) is 24.0 Å². The molecule has 0 saturated heterocycles. The quantitative estimate of drug-likeness (QED) is 0.824. The van der Waals surface area contributed by atoms with Gasteiger partial charge in [-0.05, 0) is 31.5 Å². The Labute approximate surface area is 137 Å². The number of pyridine rings is 1. The second-order valence-corrected chi connectivity index (χ2v) is 5.38. The van der Waals surface area contributed by atoms with E-state index in [9.17, 15) is 4.79 Å². The first kappa shape index (κ1) is 16.8. The van der Waals surface area contributed by atoms with Crippen LogP contribution in [0.15, 0.2) is 42.6 Å². The van der Waals surface area contributed by atoms with Crippen LogP contribution in [0.4, 0.5) is 5.69 Å². The predicted molar refractivity (Wildman–Crippen MR) is 91.8 cm³/mol. The summed E-state index contributed by atoms with van der Waals surface area (Å²) in [6.07, 6.45) is 2.52. The highest BCUT2D eigenvalue weighted by molar-refractivity contribution is 5.93. The molecule has 1 aromatic carbocycles. The van der Waals surface area contributed by atoms with Gasteiger partial charge in [-0.2, -0.15) is 0 Å². The van der Waals surface area contributed by atoms with Gasteiger partial charge in [0.05, 0.1) is 7.11 Å². The summed E-state index contributed by atoms with van der Waals surface area (Å²) in [5, 5.41) is 6.21. The van der Waals surface area contributed by atoms with Crippen molar-refractivity contribution >= 4 is 11.6 Å². The van der Waals surface area contributed by atoms with E-state index < -0.39 is 0 Å². The zero-order chi connectivity index (χ0) is 16.7. The number of para-hydroxylation sites is 1. The average molecular weight is 313 g/mol. The number of aromatic nitrogens is 1. The van der Waals surface area contributed by atoms with Gasteiger partial charge in [-0.1, -0.05) is 25.1 Å². The highest BCUT2D eigenvalue weighted by atomic mass is 16.5. The van der Waals surface area contributed by atoms with Crippen LogP contribution in [0.25, 0.3) is 0 Å². The smallest absolute Gasteiger partial charge is 0.270 e. The van der Waals surface area contributed by atoms with Crippen molar-refractivity contribution in [1.82, 2.24) is 10.3 Å². The predicted octanol–water partition coefficient (Wildman–Crippen LogP) is 3.23. The summed E-state index contributed by atoms with van der Waals surface area (Å²) in [5.74, 6) is 0.684. The summed E-state index contributed by atoms with van der Waals surface area (Å²) in [7, 11) is 1.66. The van der Waals surface area contributed by atoms with Crippen LogP contribution in [0.1, 0.15) is 36.3 Å². The van der Waals surface area contributed by atoms with E-state index in [1.54, 1.807) is 19.4 Å². The summed E-state index contributed by atoms with van der Waals surface area (Å²) in [6, 6.07) is 11.6. The lowest BCUT2D eigenvalue weighted by molar-refractivity contribution is 0.0934. The van der Waals surface area contributed by atoms with Crippen LogP contribution in [0.2, 0.25) is 0 Å². The fourth-order valence-corrected chi connectivity index (χ4v) is 2.11. The number of methoxy groups -OCH3 is 1. The lowest BCUT2D eigenvalue weighted by Crippen LogP contribution is -2.32. The van der Waals surface area contributed by atoms with Crippen molar-refractivity contribution in [2.75, 3.05) is 12.4 Å². The van der Waals surface area contributed by atoms with Crippen LogP contribution < -0.4 is 15.4 Å². The standard InChI is InChI=1S/C18H23N3O2/c1-4-13(2)21-18(22)16-11-15(9-10-19-16)20-12-14-7-5-6-8-17(14)23-3/h5-11,13H,4,12H2,1-3H3,(H,19,20)(H,21,22). The van der Waals surface area contributed by atoms with Crippen LogP contribution in [-0.2, 0) is 6.54 Å². The Morgan fingerprint density at radius 3 is 2.83 bits per heavy atom. The zero-order valence-corrected chi connectivity index (χ0v) is 13.8. The molecule has 5 heteroatoms. The normalized spacial score (nSPS) is 11.6. The first-order valence-corrected chi connectivity index (χ1v) is 7.76. The Balaban J connectivity index is 2.04. The van der Waals surface area contributed by atoms with Crippen molar-refractivity contribution in [3.8, 4) is 5.75 Å². The number of hydrogen-bond acceptors (Lipinski definition) is 4. The number of amides is 1. The molecule has 1 unspecified atom stereocenters. The van der Waals surface area contributed by atoms with Gasteiger partial charge in [0.25, 0.3) is 5.91 Å². The maximum Gasteiger partial charge on any atom is 0.270 e. The number of carbonyl (C=O) groups is 1. The fraction of sp³-hybridized carbons (Fsp3) is 0.333. The molecule has 122 valence electrons. The van der Waals surface area contributed by atoms with Crippen molar-refractivity contribution in [3.63, 3.8) is 0 Å². The van der Waals surface area contributed by atoms with Crippen LogP contribution >= 0.6 is 0 Å². The monoisotopic (exact) mass is 313 g/mol. The van der Waals surface area contributed by atoms with E-state index in [0.717, 1.165) is 23.4 Å². The highest BCUT2D eigenvalue weighted by Gasteiger charge is 2.10. The lowest BCUT2D eigenvalue weighted by Gasteiger charge is -2.13. The third-order valence-corrected chi connectivity index (χ3v) is 3.66. The van der Waals surface area contributed by atoms with E-state index in [-0.39, 0.29) is 11.9 Å². The minimum Gasteiger partial charge on any atom is -0.496 e. The molecule has 0 aliphatic rings. The second-order valence-electron chi connectivity index (χ2n) is 5.38. The summed E-state index contributed by atoms with van der Waals surface area (Å²) in [4.78, 5) is 16.3. The molecule has 0 fully saturated rings. The molecule has 0 radical (unpaired) electrons. The molecule has 2 N–H and O–H groups in total. The lowest BCUT2D eigenvalue weighted by atomic mass is 10.2. The van der Waals surface area contributed by atoms with Gasteiger partial charge in [-0.15, -0.1) is 0 Å². The van der Waals surface area contributed by atoms with E-state index in [0.29, 0.717) is 12.2 Å². The number of hydrogen-bond donors (Lipinski definition) is 2. The molecule has 0 aliphatic heterocycles. The van der Waals surface area contributed by atoms with E-state index in [2.05, 4.69) is 15.6 Å². The summed E-state index contributed by atoms with van der Waals surface area (Å²) in [6.45, 7) is 4.62. The Morgan fingerprint density at radius 1 is 1.30 bits per heavy atom. The van der Waals surface area contributed by atoms with Gasteiger partial charge in [-0.25, -0.2) is 0 Å². The SMILES string of the molecule is CCC(C)NC(=O)c1cc(NCc2ccccc2OC)ccn1. The zero-order valence-electron chi connectivity index (χ0n) is 13.8. The van der Waals surface area contributed by atoms with Gasteiger partial charge >= 0.3 is 0 Å². The van der Waals surface area contributed by atoms with Gasteiger partial charge in [-0.3, -0.25) is 9.78 Å². The first-order valence-electron chi connectivity index (χ1n) is 7.76.